The molecule has 3 aromatic rings. The highest BCUT2D eigenvalue weighted by atomic mass is 16.3. The lowest BCUT2D eigenvalue weighted by molar-refractivity contribution is -0.135. The molecule has 1 aromatic heterocycles. The normalized spacial score (nSPS) is 18.0. The van der Waals surface area contributed by atoms with Crippen LogP contribution in [0.4, 0.5) is 5.69 Å². The van der Waals surface area contributed by atoms with Gasteiger partial charge in [0.25, 0.3) is 5.56 Å². The summed E-state index contributed by atoms with van der Waals surface area (Å²) in [5, 5.41) is 14.6. The highest BCUT2D eigenvalue weighted by Gasteiger charge is 2.34. The van der Waals surface area contributed by atoms with Crippen molar-refractivity contribution in [1.29, 1.82) is 0 Å². The molecular weight excluding hydrogens is 520 g/mol. The minimum absolute atomic E-state index is 0.0423. The molecule has 2 fully saturated rings. The van der Waals surface area contributed by atoms with Crippen molar-refractivity contribution in [2.45, 2.75) is 44.2 Å². The van der Waals surface area contributed by atoms with E-state index in [1.165, 1.54) is 10.9 Å². The molecule has 2 aliphatic rings. The van der Waals surface area contributed by atoms with Crippen LogP contribution in [-0.2, 0) is 22.6 Å². The molecule has 0 radical (unpaired) electrons. The molecule has 5 rings (SSSR count). The Labute approximate surface area is 240 Å². The number of amides is 2. The first-order chi connectivity index (χ1) is 19.8. The Hall–Kier alpha value is -3.60. The molecule has 2 aliphatic heterocycles. The zero-order chi connectivity index (χ0) is 28.8. The molecule has 0 bridgehead atoms. The van der Waals surface area contributed by atoms with Gasteiger partial charge in [-0.3, -0.25) is 19.0 Å². The lowest BCUT2D eigenvalue weighted by Crippen LogP contribution is -2.50. The second kappa shape index (κ2) is 12.9. The molecule has 10 nitrogen and oxygen atoms in total. The van der Waals surface area contributed by atoms with E-state index in [1.54, 1.807) is 23.1 Å². The summed E-state index contributed by atoms with van der Waals surface area (Å²) in [7, 11) is 2.13. The fourth-order valence-electron chi connectivity index (χ4n) is 5.64. The zero-order valence-electron chi connectivity index (χ0n) is 23.8. The van der Waals surface area contributed by atoms with Gasteiger partial charge in [-0.2, -0.15) is 0 Å². The monoisotopic (exact) mass is 560 g/mol. The number of carbonyl (C=O) groups excluding carboxylic acids is 2. The zero-order valence-corrected chi connectivity index (χ0v) is 23.8. The van der Waals surface area contributed by atoms with E-state index in [0.29, 0.717) is 55.4 Å². The predicted octanol–water partition coefficient (Wildman–Crippen LogP) is 1.96. The molecule has 0 spiro atoms. The van der Waals surface area contributed by atoms with Gasteiger partial charge in [0.2, 0.25) is 11.8 Å². The molecule has 2 amide bonds. The average molecular weight is 561 g/mol. The van der Waals surface area contributed by atoms with Crippen LogP contribution >= 0.6 is 0 Å². The highest BCUT2D eigenvalue weighted by Crippen LogP contribution is 2.25. The SMILES string of the molecule is CN1CCN(CCCC(=O)Nc2ccc3c(=O)n(CC4(O)CCN(C(=O)Cc5ccccc5)CC4)cnc3c2)CC1. The molecule has 2 N–H and O–H groups in total. The number of likely N-dealkylation sites (tertiary alicyclic amines) is 1. The van der Waals surface area contributed by atoms with E-state index in [0.717, 1.165) is 44.7 Å². The summed E-state index contributed by atoms with van der Waals surface area (Å²) in [6.45, 7) is 6.10. The quantitative estimate of drug-likeness (QED) is 0.412. The number of hydrogen-bond acceptors (Lipinski definition) is 7. The predicted molar refractivity (Wildman–Crippen MR) is 159 cm³/mol. The summed E-state index contributed by atoms with van der Waals surface area (Å²) in [4.78, 5) is 49.4. The number of aromatic nitrogens is 2. The molecule has 10 heteroatoms. The minimum Gasteiger partial charge on any atom is -0.388 e. The summed E-state index contributed by atoms with van der Waals surface area (Å²) in [5.74, 6) is -0.0108. The number of fused-ring (bicyclic) bond motifs is 1. The lowest BCUT2D eigenvalue weighted by Gasteiger charge is -2.38. The lowest BCUT2D eigenvalue weighted by atomic mass is 9.91. The number of benzene rings is 2. The number of carbonyl (C=O) groups is 2. The van der Waals surface area contributed by atoms with Gasteiger partial charge in [0.05, 0.1) is 35.8 Å². The third-order valence-electron chi connectivity index (χ3n) is 8.29. The van der Waals surface area contributed by atoms with Crippen LogP contribution in [0, 0.1) is 0 Å². The fraction of sp³-hybridized carbons (Fsp3) is 0.484. The van der Waals surface area contributed by atoms with E-state index < -0.39 is 5.60 Å². The number of anilines is 1. The highest BCUT2D eigenvalue weighted by molar-refractivity contribution is 5.93. The molecule has 0 aliphatic carbocycles. The van der Waals surface area contributed by atoms with E-state index in [1.807, 2.05) is 30.3 Å². The Morgan fingerprint density at radius 3 is 2.46 bits per heavy atom. The van der Waals surface area contributed by atoms with Crippen molar-refractivity contribution in [3.63, 3.8) is 0 Å². The first-order valence-electron chi connectivity index (χ1n) is 14.5. The van der Waals surface area contributed by atoms with Gasteiger partial charge in [-0.05, 0) is 56.6 Å². The number of aliphatic hydroxyl groups is 1. The van der Waals surface area contributed by atoms with E-state index in [4.69, 9.17) is 0 Å². The third-order valence-corrected chi connectivity index (χ3v) is 8.29. The summed E-state index contributed by atoms with van der Waals surface area (Å²) >= 11 is 0. The molecule has 3 heterocycles. The first kappa shape index (κ1) is 28.9. The molecule has 2 saturated heterocycles. The van der Waals surface area contributed by atoms with Crippen molar-refractivity contribution in [1.82, 2.24) is 24.3 Å². The van der Waals surface area contributed by atoms with Crippen LogP contribution in [-0.4, -0.2) is 99.6 Å². The number of nitrogens with one attached hydrogen (secondary N) is 1. The summed E-state index contributed by atoms with van der Waals surface area (Å²) in [5.41, 5.74) is 0.737. The Morgan fingerprint density at radius 2 is 1.73 bits per heavy atom. The van der Waals surface area contributed by atoms with Crippen LogP contribution in [0.5, 0.6) is 0 Å². The minimum atomic E-state index is -1.10. The second-order valence-corrected chi connectivity index (χ2v) is 11.5. The molecular formula is C31H40N6O4. The maximum Gasteiger partial charge on any atom is 0.261 e. The van der Waals surface area contributed by atoms with Crippen LogP contribution in [0.25, 0.3) is 10.9 Å². The van der Waals surface area contributed by atoms with E-state index in [-0.39, 0.29) is 23.9 Å². The average Bonchev–Trinajstić information content (AvgIpc) is 2.96. The molecule has 0 atom stereocenters. The van der Waals surface area contributed by atoms with Crippen LogP contribution in [0.15, 0.2) is 59.7 Å². The van der Waals surface area contributed by atoms with Gasteiger partial charge in [0.1, 0.15) is 0 Å². The van der Waals surface area contributed by atoms with Gasteiger partial charge < -0.3 is 25.1 Å². The van der Waals surface area contributed by atoms with Gasteiger partial charge in [-0.25, -0.2) is 4.98 Å². The Morgan fingerprint density at radius 1 is 1.00 bits per heavy atom. The molecule has 0 unspecified atom stereocenters. The number of piperazine rings is 1. The maximum absolute atomic E-state index is 13.2. The van der Waals surface area contributed by atoms with Crippen LogP contribution in [0.3, 0.4) is 0 Å². The molecule has 41 heavy (non-hydrogen) atoms. The summed E-state index contributed by atoms with van der Waals surface area (Å²) < 4.78 is 1.44. The Kier molecular flexibility index (Phi) is 9.12. The standard InChI is InChI=1S/C31H40N6O4/c1-34-16-18-35(19-17-34)13-5-8-28(38)33-25-9-10-26-27(21-25)32-23-37(30(26)40)22-31(41)11-14-36(15-12-31)29(39)20-24-6-3-2-4-7-24/h2-4,6-7,9-10,21,23,41H,5,8,11-20,22H2,1H3,(H,33,38). The van der Waals surface area contributed by atoms with Crippen molar-refractivity contribution in [2.75, 3.05) is 58.2 Å². The molecule has 2 aromatic carbocycles. The number of hydrogen-bond donors (Lipinski definition) is 2. The molecule has 218 valence electrons. The summed E-state index contributed by atoms with van der Waals surface area (Å²) in [6, 6.07) is 14.7. The van der Waals surface area contributed by atoms with Crippen molar-refractivity contribution >= 4 is 28.4 Å². The first-order valence-corrected chi connectivity index (χ1v) is 14.5. The number of piperidine rings is 1. The van der Waals surface area contributed by atoms with Crippen LogP contribution in [0.1, 0.15) is 31.2 Å². The van der Waals surface area contributed by atoms with E-state index in [2.05, 4.69) is 27.1 Å². The Bertz CT molecular complexity index is 1410. The van der Waals surface area contributed by atoms with Crippen LogP contribution in [0.2, 0.25) is 0 Å². The van der Waals surface area contributed by atoms with Gasteiger partial charge >= 0.3 is 0 Å². The van der Waals surface area contributed by atoms with Crippen molar-refractivity contribution in [2.24, 2.45) is 0 Å². The van der Waals surface area contributed by atoms with E-state index >= 15 is 0 Å². The van der Waals surface area contributed by atoms with Gasteiger partial charge in [-0.1, -0.05) is 30.3 Å². The van der Waals surface area contributed by atoms with Gasteiger partial charge in [0, 0.05) is 51.4 Å². The smallest absolute Gasteiger partial charge is 0.261 e. The Balaban J connectivity index is 1.13. The van der Waals surface area contributed by atoms with Gasteiger partial charge in [-0.15, -0.1) is 0 Å². The topological polar surface area (TPSA) is 111 Å². The largest absolute Gasteiger partial charge is 0.388 e. The van der Waals surface area contributed by atoms with Gasteiger partial charge in [0.15, 0.2) is 0 Å². The van der Waals surface area contributed by atoms with Crippen LogP contribution < -0.4 is 10.9 Å². The number of likely N-dealkylation sites (N-methyl/N-ethyl adjacent to an activating group) is 1. The van der Waals surface area contributed by atoms with Crippen molar-refractivity contribution < 1.29 is 14.7 Å². The third kappa shape index (κ3) is 7.58. The fourth-order valence-corrected chi connectivity index (χ4v) is 5.64. The maximum atomic E-state index is 13.2. The number of rotatable bonds is 9. The van der Waals surface area contributed by atoms with E-state index in [9.17, 15) is 19.5 Å². The summed E-state index contributed by atoms with van der Waals surface area (Å²) in [6.07, 6.45) is 3.81. The second-order valence-electron chi connectivity index (χ2n) is 11.5. The molecule has 0 saturated carbocycles. The number of nitrogens with zero attached hydrogens (tertiary/aromatic N) is 5. The van der Waals surface area contributed by atoms with Crippen molar-refractivity contribution in [3.8, 4) is 0 Å². The van der Waals surface area contributed by atoms with Crippen molar-refractivity contribution in [3.05, 3.63) is 70.8 Å².